The molecule has 0 bridgehead atoms. The molecule has 0 unspecified atom stereocenters. The third-order valence-corrected chi connectivity index (χ3v) is 2.87. The van der Waals surface area contributed by atoms with Crippen LogP contribution < -0.4 is 0 Å². The third-order valence-electron chi connectivity index (χ3n) is 2.87. The van der Waals surface area contributed by atoms with Crippen molar-refractivity contribution in [2.24, 2.45) is 0 Å². The fourth-order valence-corrected chi connectivity index (χ4v) is 1.88. The number of rotatable bonds is 3. The molecule has 0 atom stereocenters. The molecule has 2 aromatic carbocycles. The lowest BCUT2D eigenvalue weighted by Gasteiger charge is -1.99. The predicted octanol–water partition coefficient (Wildman–Crippen LogP) is 2.70. The van der Waals surface area contributed by atoms with Gasteiger partial charge in [-0.1, -0.05) is 30.3 Å². The van der Waals surface area contributed by atoms with Crippen LogP contribution in [0.15, 0.2) is 60.8 Å². The number of hydrogen-bond donors (Lipinski definition) is 1. The molecule has 0 spiro atoms. The van der Waals surface area contributed by atoms with E-state index >= 15 is 0 Å². The van der Waals surface area contributed by atoms with E-state index in [4.69, 9.17) is 0 Å². The van der Waals surface area contributed by atoms with Gasteiger partial charge in [-0.15, -0.1) is 0 Å². The lowest BCUT2D eigenvalue weighted by Crippen LogP contribution is -2.03. The second-order valence-corrected chi connectivity index (χ2v) is 4.29. The van der Waals surface area contributed by atoms with Crippen molar-refractivity contribution >= 4 is 0 Å². The lowest BCUT2D eigenvalue weighted by atomic mass is 10.2. The van der Waals surface area contributed by atoms with Crippen LogP contribution in [-0.2, 0) is 6.54 Å². The summed E-state index contributed by atoms with van der Waals surface area (Å²) in [6.07, 6.45) is 1.73. The van der Waals surface area contributed by atoms with Crippen LogP contribution in [0.25, 0.3) is 11.3 Å². The first-order valence-corrected chi connectivity index (χ1v) is 6.05. The minimum Gasteiger partial charge on any atom is -0.508 e. The number of phenols is 1. The molecule has 19 heavy (non-hydrogen) atoms. The maximum atomic E-state index is 9.26. The fraction of sp³-hybridized carbons (Fsp3) is 0.0667. The highest BCUT2D eigenvalue weighted by Gasteiger charge is 2.04. The summed E-state index contributed by atoms with van der Waals surface area (Å²) in [5, 5.41) is 17.9. The van der Waals surface area contributed by atoms with Crippen molar-refractivity contribution in [1.82, 2.24) is 15.0 Å². The zero-order chi connectivity index (χ0) is 13.1. The van der Waals surface area contributed by atoms with Crippen molar-refractivity contribution in [3.63, 3.8) is 0 Å². The molecule has 0 aliphatic heterocycles. The van der Waals surface area contributed by atoms with Gasteiger partial charge in [0.15, 0.2) is 0 Å². The fourth-order valence-electron chi connectivity index (χ4n) is 1.88. The minimum atomic E-state index is 0.250. The van der Waals surface area contributed by atoms with E-state index < -0.39 is 0 Å². The quantitative estimate of drug-likeness (QED) is 0.778. The average molecular weight is 251 g/mol. The lowest BCUT2D eigenvalue weighted by molar-refractivity contribution is 0.475. The van der Waals surface area contributed by atoms with Gasteiger partial charge in [-0.05, 0) is 29.8 Å². The molecule has 0 aliphatic carbocycles. The highest BCUT2D eigenvalue weighted by atomic mass is 16.3. The molecule has 3 rings (SSSR count). The Hall–Kier alpha value is -2.62. The summed E-state index contributed by atoms with van der Waals surface area (Å²) in [6.45, 7) is 0.652. The summed E-state index contributed by atoms with van der Waals surface area (Å²) in [6, 6.07) is 17.0. The smallest absolute Gasteiger partial charge is 0.115 e. The summed E-state index contributed by atoms with van der Waals surface area (Å²) < 4.78 is 0. The van der Waals surface area contributed by atoms with E-state index in [1.54, 1.807) is 23.1 Å². The van der Waals surface area contributed by atoms with Gasteiger partial charge in [0, 0.05) is 5.56 Å². The van der Waals surface area contributed by atoms with Crippen LogP contribution in [0.3, 0.4) is 0 Å². The van der Waals surface area contributed by atoms with Crippen LogP contribution in [0.5, 0.6) is 5.75 Å². The third kappa shape index (κ3) is 2.63. The van der Waals surface area contributed by atoms with Gasteiger partial charge in [-0.3, -0.25) is 0 Å². The zero-order valence-corrected chi connectivity index (χ0v) is 10.3. The monoisotopic (exact) mass is 251 g/mol. The van der Waals surface area contributed by atoms with Crippen molar-refractivity contribution in [1.29, 1.82) is 0 Å². The Morgan fingerprint density at radius 2 is 1.68 bits per heavy atom. The molecule has 1 aromatic heterocycles. The van der Waals surface area contributed by atoms with Crippen LogP contribution >= 0.6 is 0 Å². The SMILES string of the molecule is Oc1ccc(-c2cnn(Cc3ccccc3)n2)cc1. The average Bonchev–Trinajstić information content (AvgIpc) is 2.89. The second kappa shape index (κ2) is 4.94. The second-order valence-electron chi connectivity index (χ2n) is 4.29. The van der Waals surface area contributed by atoms with Crippen LogP contribution in [0.4, 0.5) is 0 Å². The van der Waals surface area contributed by atoms with Gasteiger partial charge in [0.25, 0.3) is 0 Å². The Balaban J connectivity index is 1.82. The van der Waals surface area contributed by atoms with Gasteiger partial charge < -0.3 is 5.11 Å². The Kier molecular flexibility index (Phi) is 2.98. The van der Waals surface area contributed by atoms with Gasteiger partial charge in [-0.25, -0.2) is 0 Å². The molecular formula is C15H13N3O. The molecule has 94 valence electrons. The Labute approximate surface area is 111 Å². The van der Waals surface area contributed by atoms with E-state index in [0.717, 1.165) is 16.8 Å². The highest BCUT2D eigenvalue weighted by Crippen LogP contribution is 2.19. The van der Waals surface area contributed by atoms with E-state index in [2.05, 4.69) is 10.2 Å². The molecule has 0 fully saturated rings. The zero-order valence-electron chi connectivity index (χ0n) is 10.3. The van der Waals surface area contributed by atoms with Crippen molar-refractivity contribution in [3.05, 3.63) is 66.4 Å². The summed E-state index contributed by atoms with van der Waals surface area (Å²) in [5.74, 6) is 0.250. The number of aromatic nitrogens is 3. The topological polar surface area (TPSA) is 50.9 Å². The standard InChI is InChI=1S/C15H13N3O/c19-14-8-6-13(7-9-14)15-10-16-18(17-15)11-12-4-2-1-3-5-12/h1-10,19H,11H2. The Bertz CT molecular complexity index is 659. The molecule has 0 aliphatic rings. The first-order chi connectivity index (χ1) is 9.31. The molecule has 0 saturated carbocycles. The Morgan fingerprint density at radius 1 is 0.947 bits per heavy atom. The minimum absolute atomic E-state index is 0.250. The van der Waals surface area contributed by atoms with Gasteiger partial charge in [0.1, 0.15) is 11.4 Å². The molecule has 0 amide bonds. The van der Waals surface area contributed by atoms with Crippen molar-refractivity contribution in [2.45, 2.75) is 6.54 Å². The normalized spacial score (nSPS) is 10.5. The van der Waals surface area contributed by atoms with E-state index in [1.807, 2.05) is 42.5 Å². The van der Waals surface area contributed by atoms with Crippen LogP contribution in [0, 0.1) is 0 Å². The maximum absolute atomic E-state index is 9.26. The first kappa shape index (κ1) is 11.5. The maximum Gasteiger partial charge on any atom is 0.115 e. The molecule has 1 N–H and O–H groups in total. The number of nitrogens with zero attached hydrogens (tertiary/aromatic N) is 3. The van der Waals surface area contributed by atoms with Crippen molar-refractivity contribution in [3.8, 4) is 17.0 Å². The number of phenolic OH excluding ortho intramolecular Hbond substituents is 1. The van der Waals surface area contributed by atoms with E-state index in [9.17, 15) is 5.11 Å². The number of benzene rings is 2. The van der Waals surface area contributed by atoms with E-state index in [1.165, 1.54) is 0 Å². The van der Waals surface area contributed by atoms with Crippen molar-refractivity contribution < 1.29 is 5.11 Å². The summed E-state index contributed by atoms with van der Waals surface area (Å²) in [5.41, 5.74) is 2.91. The van der Waals surface area contributed by atoms with Crippen LogP contribution in [-0.4, -0.2) is 20.1 Å². The van der Waals surface area contributed by atoms with Crippen LogP contribution in [0.1, 0.15) is 5.56 Å². The van der Waals surface area contributed by atoms with Gasteiger partial charge in [0.05, 0.1) is 12.7 Å². The van der Waals surface area contributed by atoms with E-state index in [-0.39, 0.29) is 5.75 Å². The molecule has 4 nitrogen and oxygen atoms in total. The van der Waals surface area contributed by atoms with E-state index in [0.29, 0.717) is 6.54 Å². The molecule has 0 radical (unpaired) electrons. The summed E-state index contributed by atoms with van der Waals surface area (Å²) in [4.78, 5) is 1.66. The summed E-state index contributed by atoms with van der Waals surface area (Å²) in [7, 11) is 0. The number of hydrogen-bond acceptors (Lipinski definition) is 3. The first-order valence-electron chi connectivity index (χ1n) is 6.05. The molecule has 3 aromatic rings. The number of aromatic hydroxyl groups is 1. The van der Waals surface area contributed by atoms with Crippen molar-refractivity contribution in [2.75, 3.05) is 0 Å². The van der Waals surface area contributed by atoms with Gasteiger partial charge >= 0.3 is 0 Å². The molecule has 4 heteroatoms. The largest absolute Gasteiger partial charge is 0.508 e. The summed E-state index contributed by atoms with van der Waals surface area (Å²) >= 11 is 0. The van der Waals surface area contributed by atoms with Crippen LogP contribution in [0.2, 0.25) is 0 Å². The molecule has 0 saturated heterocycles. The highest BCUT2D eigenvalue weighted by molar-refractivity contribution is 5.58. The van der Waals surface area contributed by atoms with Gasteiger partial charge in [-0.2, -0.15) is 15.0 Å². The Morgan fingerprint density at radius 3 is 2.42 bits per heavy atom. The predicted molar refractivity (Wildman–Crippen MR) is 72.7 cm³/mol. The molecule has 1 heterocycles. The van der Waals surface area contributed by atoms with Gasteiger partial charge in [0.2, 0.25) is 0 Å². The molecular weight excluding hydrogens is 238 g/mol.